The molecule has 0 bridgehead atoms. The zero-order valence-corrected chi connectivity index (χ0v) is 15.2. The van der Waals surface area contributed by atoms with Crippen LogP contribution < -0.4 is 9.86 Å². The van der Waals surface area contributed by atoms with E-state index in [0.717, 1.165) is 19.4 Å². The van der Waals surface area contributed by atoms with Gasteiger partial charge in [0.2, 0.25) is 0 Å². The summed E-state index contributed by atoms with van der Waals surface area (Å²) in [7, 11) is -3.69. The summed E-state index contributed by atoms with van der Waals surface area (Å²) in [6.07, 6.45) is 7.12. The molecule has 24 heavy (non-hydrogen) atoms. The number of rotatable bonds is 12. The number of benzene rings is 1. The zero-order chi connectivity index (χ0) is 17.1. The number of unbranched alkanes of at least 4 members (excludes halogenated alkanes) is 2. The second kappa shape index (κ2) is 12.3. The predicted octanol–water partition coefficient (Wildman–Crippen LogP) is 3.77. The summed E-state index contributed by atoms with van der Waals surface area (Å²) < 4.78 is 24.2. The molecular formula is C18H35N3O2S. The van der Waals surface area contributed by atoms with Crippen molar-refractivity contribution in [2.75, 3.05) is 24.4 Å². The van der Waals surface area contributed by atoms with Crippen LogP contribution in [0.1, 0.15) is 58.9 Å². The number of nitrogens with two attached hydrogens (primary N) is 1. The van der Waals surface area contributed by atoms with Crippen molar-refractivity contribution in [3.63, 3.8) is 0 Å². The van der Waals surface area contributed by atoms with Crippen molar-refractivity contribution in [2.45, 2.75) is 59.8 Å². The molecule has 3 N–H and O–H groups in total. The standard InChI is InChI=1S/C17H31N3O2S.CH4/c1-3-5-13-20(14-6-4-2)15-7-8-16-9-11-17(12-10-16)19-23(18,21)22;/h9-12,19H,3-8,13-15H2,1-2H3,(H2,18,21,22);1H4. The molecular weight excluding hydrogens is 322 g/mol. The highest BCUT2D eigenvalue weighted by atomic mass is 32.2. The number of nitrogens with one attached hydrogen (secondary N) is 1. The normalized spacial score (nSPS) is 11.3. The van der Waals surface area contributed by atoms with Crippen LogP contribution in [0.5, 0.6) is 0 Å². The lowest BCUT2D eigenvalue weighted by atomic mass is 10.1. The minimum Gasteiger partial charge on any atom is -0.303 e. The van der Waals surface area contributed by atoms with E-state index >= 15 is 0 Å². The van der Waals surface area contributed by atoms with E-state index < -0.39 is 10.2 Å². The van der Waals surface area contributed by atoms with Gasteiger partial charge in [0.25, 0.3) is 10.2 Å². The van der Waals surface area contributed by atoms with E-state index in [2.05, 4.69) is 23.5 Å². The SMILES string of the molecule is C.CCCCN(CCCC)CCCc1ccc(NS(N)(=O)=O)cc1. The van der Waals surface area contributed by atoms with E-state index in [9.17, 15) is 8.42 Å². The third-order valence-corrected chi connectivity index (χ3v) is 4.33. The van der Waals surface area contributed by atoms with Crippen LogP contribution in [0, 0.1) is 0 Å². The second-order valence-corrected chi connectivity index (χ2v) is 7.29. The van der Waals surface area contributed by atoms with Gasteiger partial charge in [-0.05, 0) is 63.0 Å². The molecule has 0 heterocycles. The van der Waals surface area contributed by atoms with Gasteiger partial charge in [0.05, 0.1) is 0 Å². The minimum atomic E-state index is -3.69. The molecule has 1 aromatic carbocycles. The van der Waals surface area contributed by atoms with E-state index in [1.165, 1.54) is 44.3 Å². The van der Waals surface area contributed by atoms with Crippen LogP contribution in [-0.2, 0) is 16.6 Å². The van der Waals surface area contributed by atoms with Gasteiger partial charge in [-0.3, -0.25) is 4.72 Å². The average Bonchev–Trinajstić information content (AvgIpc) is 2.49. The summed E-state index contributed by atoms with van der Waals surface area (Å²) in [6, 6.07) is 7.42. The highest BCUT2D eigenvalue weighted by Crippen LogP contribution is 2.12. The van der Waals surface area contributed by atoms with E-state index in [-0.39, 0.29) is 7.43 Å². The lowest BCUT2D eigenvalue weighted by Gasteiger charge is -2.21. The smallest absolute Gasteiger partial charge is 0.296 e. The fourth-order valence-corrected chi connectivity index (χ4v) is 2.97. The summed E-state index contributed by atoms with van der Waals surface area (Å²) >= 11 is 0. The number of nitrogens with zero attached hydrogens (tertiary/aromatic N) is 1. The first-order valence-corrected chi connectivity index (χ1v) is 10.1. The Morgan fingerprint density at radius 2 is 1.46 bits per heavy atom. The molecule has 0 saturated carbocycles. The Morgan fingerprint density at radius 3 is 1.92 bits per heavy atom. The molecule has 1 aromatic rings. The van der Waals surface area contributed by atoms with Crippen LogP contribution in [-0.4, -0.2) is 33.0 Å². The molecule has 0 aliphatic rings. The zero-order valence-electron chi connectivity index (χ0n) is 14.4. The number of hydrogen-bond donors (Lipinski definition) is 2. The maximum atomic E-state index is 11.0. The first-order chi connectivity index (χ1) is 10.9. The van der Waals surface area contributed by atoms with Crippen molar-refractivity contribution in [3.8, 4) is 0 Å². The highest BCUT2D eigenvalue weighted by molar-refractivity contribution is 7.90. The van der Waals surface area contributed by atoms with Gasteiger partial charge in [-0.1, -0.05) is 46.2 Å². The lowest BCUT2D eigenvalue weighted by Crippen LogP contribution is -2.27. The Balaban J connectivity index is 0.00000529. The minimum absolute atomic E-state index is 0. The molecule has 140 valence electrons. The second-order valence-electron chi connectivity index (χ2n) is 6.00. The van der Waals surface area contributed by atoms with Crippen molar-refractivity contribution in [1.29, 1.82) is 0 Å². The van der Waals surface area contributed by atoms with Crippen molar-refractivity contribution >= 4 is 15.9 Å². The topological polar surface area (TPSA) is 75.4 Å². The monoisotopic (exact) mass is 357 g/mol. The Bertz CT molecular complexity index is 522. The average molecular weight is 358 g/mol. The Morgan fingerprint density at radius 1 is 0.958 bits per heavy atom. The number of anilines is 1. The molecule has 0 saturated heterocycles. The molecule has 0 amide bonds. The lowest BCUT2D eigenvalue weighted by molar-refractivity contribution is 0.262. The summed E-state index contributed by atoms with van der Waals surface area (Å²) in [5, 5.41) is 4.95. The van der Waals surface area contributed by atoms with Crippen LogP contribution in [0.3, 0.4) is 0 Å². The van der Waals surface area contributed by atoms with Crippen molar-refractivity contribution in [3.05, 3.63) is 29.8 Å². The van der Waals surface area contributed by atoms with Gasteiger partial charge in [-0.2, -0.15) is 8.42 Å². The molecule has 0 unspecified atom stereocenters. The van der Waals surface area contributed by atoms with Crippen LogP contribution in [0.2, 0.25) is 0 Å². The first kappa shape index (κ1) is 22.9. The molecule has 0 spiro atoms. The summed E-state index contributed by atoms with van der Waals surface area (Å²) in [5.74, 6) is 0. The van der Waals surface area contributed by atoms with E-state index in [0.29, 0.717) is 5.69 Å². The molecule has 0 radical (unpaired) electrons. The van der Waals surface area contributed by atoms with Gasteiger partial charge in [0.15, 0.2) is 0 Å². The fraction of sp³-hybridized carbons (Fsp3) is 0.667. The molecule has 0 aromatic heterocycles. The van der Waals surface area contributed by atoms with Gasteiger partial charge in [0, 0.05) is 5.69 Å². The largest absolute Gasteiger partial charge is 0.303 e. The molecule has 0 fully saturated rings. The van der Waals surface area contributed by atoms with Crippen molar-refractivity contribution in [2.24, 2.45) is 5.14 Å². The fourth-order valence-electron chi connectivity index (χ4n) is 2.51. The van der Waals surface area contributed by atoms with Crippen LogP contribution in [0.25, 0.3) is 0 Å². The third-order valence-electron chi connectivity index (χ3n) is 3.81. The summed E-state index contributed by atoms with van der Waals surface area (Å²) in [6.45, 7) is 7.96. The Labute approximate surface area is 148 Å². The van der Waals surface area contributed by atoms with Crippen molar-refractivity contribution < 1.29 is 8.42 Å². The molecule has 5 nitrogen and oxygen atoms in total. The first-order valence-electron chi connectivity index (χ1n) is 8.56. The van der Waals surface area contributed by atoms with Gasteiger partial charge < -0.3 is 4.90 Å². The van der Waals surface area contributed by atoms with Crippen LogP contribution >= 0.6 is 0 Å². The summed E-state index contributed by atoms with van der Waals surface area (Å²) in [4.78, 5) is 2.56. The maximum absolute atomic E-state index is 11.0. The molecule has 0 aliphatic heterocycles. The van der Waals surface area contributed by atoms with Crippen molar-refractivity contribution in [1.82, 2.24) is 4.90 Å². The molecule has 0 atom stereocenters. The number of aryl methyl sites for hydroxylation is 1. The van der Waals surface area contributed by atoms with Gasteiger partial charge >= 0.3 is 0 Å². The van der Waals surface area contributed by atoms with Gasteiger partial charge in [0.1, 0.15) is 0 Å². The maximum Gasteiger partial charge on any atom is 0.296 e. The highest BCUT2D eigenvalue weighted by Gasteiger charge is 2.05. The summed E-state index contributed by atoms with van der Waals surface area (Å²) in [5.41, 5.74) is 1.72. The van der Waals surface area contributed by atoms with E-state index in [1.807, 2.05) is 12.1 Å². The van der Waals surface area contributed by atoms with Gasteiger partial charge in [-0.15, -0.1) is 0 Å². The Kier molecular flexibility index (Phi) is 11.7. The van der Waals surface area contributed by atoms with E-state index in [1.54, 1.807) is 12.1 Å². The molecule has 6 heteroatoms. The number of hydrogen-bond acceptors (Lipinski definition) is 3. The van der Waals surface area contributed by atoms with Crippen LogP contribution in [0.15, 0.2) is 24.3 Å². The van der Waals surface area contributed by atoms with Crippen LogP contribution in [0.4, 0.5) is 5.69 Å². The quantitative estimate of drug-likeness (QED) is 0.598. The van der Waals surface area contributed by atoms with Gasteiger partial charge in [-0.25, -0.2) is 5.14 Å². The van der Waals surface area contributed by atoms with E-state index in [4.69, 9.17) is 5.14 Å². The molecule has 0 aliphatic carbocycles. The Hall–Kier alpha value is -1.11. The third kappa shape index (κ3) is 10.6. The molecule has 1 rings (SSSR count). The predicted molar refractivity (Wildman–Crippen MR) is 104 cm³/mol.